The van der Waals surface area contributed by atoms with E-state index in [0.29, 0.717) is 15.4 Å². The second-order valence-electron chi connectivity index (χ2n) is 7.58. The molecule has 2 aromatic carbocycles. The van der Waals surface area contributed by atoms with Crippen LogP contribution in [-0.4, -0.2) is 53.8 Å². The first-order valence-electron chi connectivity index (χ1n) is 9.98. The quantitative estimate of drug-likeness (QED) is 0.617. The Bertz CT molecular complexity index is 1090. The number of piperazine rings is 1. The fourth-order valence-electron chi connectivity index (χ4n) is 3.58. The fourth-order valence-corrected chi connectivity index (χ4v) is 3.71. The Morgan fingerprint density at radius 1 is 0.969 bits per heavy atom. The van der Waals surface area contributed by atoms with Gasteiger partial charge in [-0.2, -0.15) is 18.3 Å². The molecular formula is C22H21ClF3N5O. The molecule has 1 aromatic heterocycles. The van der Waals surface area contributed by atoms with Gasteiger partial charge >= 0.3 is 6.18 Å². The molecule has 0 radical (unpaired) electrons. The lowest BCUT2D eigenvalue weighted by atomic mass is 10.2. The molecule has 0 aliphatic carbocycles. The standard InChI is InChI=1S/C22H21ClF3N5O/c1-29-10-12-30(13-11-29)17-8-4-16(5-9-17)28-21(32)19-14-27-31(20(19)22(24,25)26)18-6-2-15(23)3-7-18/h2-9,14H,10-13H2,1H3,(H,28,32). The van der Waals surface area contributed by atoms with Gasteiger partial charge in [0.15, 0.2) is 5.69 Å². The van der Waals surface area contributed by atoms with E-state index in [0.717, 1.165) is 38.1 Å². The van der Waals surface area contributed by atoms with Gasteiger partial charge in [-0.1, -0.05) is 11.6 Å². The van der Waals surface area contributed by atoms with Crippen molar-refractivity contribution < 1.29 is 18.0 Å². The van der Waals surface area contributed by atoms with E-state index in [1.165, 1.54) is 24.3 Å². The highest BCUT2D eigenvalue weighted by atomic mass is 35.5. The van der Waals surface area contributed by atoms with Gasteiger partial charge in [0.05, 0.1) is 17.4 Å². The maximum Gasteiger partial charge on any atom is 0.434 e. The van der Waals surface area contributed by atoms with E-state index in [1.807, 2.05) is 12.1 Å². The highest BCUT2D eigenvalue weighted by Gasteiger charge is 2.40. The summed E-state index contributed by atoms with van der Waals surface area (Å²) < 4.78 is 42.1. The van der Waals surface area contributed by atoms with Crippen molar-refractivity contribution in [2.45, 2.75) is 6.18 Å². The van der Waals surface area contributed by atoms with Crippen LogP contribution in [0.25, 0.3) is 5.69 Å². The van der Waals surface area contributed by atoms with Crippen molar-refractivity contribution in [3.8, 4) is 5.69 Å². The summed E-state index contributed by atoms with van der Waals surface area (Å²) >= 11 is 5.82. The smallest absolute Gasteiger partial charge is 0.369 e. The topological polar surface area (TPSA) is 53.4 Å². The predicted molar refractivity (Wildman–Crippen MR) is 118 cm³/mol. The average molecular weight is 464 g/mol. The molecule has 0 unspecified atom stereocenters. The van der Waals surface area contributed by atoms with E-state index < -0.39 is 23.3 Å². The number of likely N-dealkylation sites (N-methyl/N-ethyl adjacent to an activating group) is 1. The normalized spacial score (nSPS) is 15.1. The van der Waals surface area contributed by atoms with Crippen LogP contribution in [0.2, 0.25) is 5.02 Å². The van der Waals surface area contributed by atoms with Gasteiger partial charge in [0.1, 0.15) is 0 Å². The van der Waals surface area contributed by atoms with E-state index in [1.54, 1.807) is 12.1 Å². The molecule has 0 bridgehead atoms. The Hall–Kier alpha value is -3.04. The van der Waals surface area contributed by atoms with Crippen LogP contribution < -0.4 is 10.2 Å². The lowest BCUT2D eigenvalue weighted by Crippen LogP contribution is -2.44. The summed E-state index contributed by atoms with van der Waals surface area (Å²) in [5.41, 5.74) is -0.151. The summed E-state index contributed by atoms with van der Waals surface area (Å²) in [6, 6.07) is 12.8. The summed E-state index contributed by atoms with van der Waals surface area (Å²) in [5, 5.41) is 6.73. The number of hydrogen-bond donors (Lipinski definition) is 1. The van der Waals surface area contributed by atoms with Gasteiger partial charge in [-0.25, -0.2) is 4.68 Å². The number of nitrogens with zero attached hydrogens (tertiary/aromatic N) is 4. The molecule has 10 heteroatoms. The Labute approximate surface area is 188 Å². The van der Waals surface area contributed by atoms with Gasteiger partial charge in [-0.3, -0.25) is 4.79 Å². The molecule has 1 aliphatic rings. The van der Waals surface area contributed by atoms with Crippen LogP contribution in [0.1, 0.15) is 16.1 Å². The third kappa shape index (κ3) is 4.73. The highest BCUT2D eigenvalue weighted by Crippen LogP contribution is 2.34. The van der Waals surface area contributed by atoms with E-state index in [4.69, 9.17) is 11.6 Å². The number of hydrogen-bond acceptors (Lipinski definition) is 4. The van der Waals surface area contributed by atoms with Gasteiger partial charge in [0.2, 0.25) is 0 Å². The summed E-state index contributed by atoms with van der Waals surface area (Å²) in [6.07, 6.45) is -3.86. The largest absolute Gasteiger partial charge is 0.434 e. The number of anilines is 2. The molecule has 4 rings (SSSR count). The van der Waals surface area contributed by atoms with E-state index in [9.17, 15) is 18.0 Å². The molecule has 0 atom stereocenters. The maximum atomic E-state index is 13.8. The van der Waals surface area contributed by atoms with Crippen LogP contribution in [-0.2, 0) is 6.18 Å². The molecule has 3 aromatic rings. The zero-order chi connectivity index (χ0) is 22.9. The number of carbonyl (C=O) groups is 1. The summed E-state index contributed by atoms with van der Waals surface area (Å²) in [7, 11) is 2.07. The number of carbonyl (C=O) groups excluding carboxylic acids is 1. The number of aromatic nitrogens is 2. The molecular weight excluding hydrogens is 443 g/mol. The van der Waals surface area contributed by atoms with Gasteiger partial charge in [0.25, 0.3) is 5.91 Å². The van der Waals surface area contributed by atoms with Crippen LogP contribution in [0.4, 0.5) is 24.5 Å². The predicted octanol–water partition coefficient (Wildman–Crippen LogP) is 4.55. The lowest BCUT2D eigenvalue weighted by molar-refractivity contribution is -0.143. The highest BCUT2D eigenvalue weighted by molar-refractivity contribution is 6.30. The Morgan fingerprint density at radius 2 is 1.56 bits per heavy atom. The van der Waals surface area contributed by atoms with Crippen molar-refractivity contribution in [2.75, 3.05) is 43.4 Å². The van der Waals surface area contributed by atoms with Crippen molar-refractivity contribution in [3.05, 3.63) is 71.0 Å². The minimum atomic E-state index is -4.78. The zero-order valence-electron chi connectivity index (χ0n) is 17.2. The average Bonchev–Trinajstić information content (AvgIpc) is 3.21. The number of halogens is 4. The first kappa shape index (κ1) is 22.2. The minimum Gasteiger partial charge on any atom is -0.369 e. The summed E-state index contributed by atoms with van der Waals surface area (Å²) in [4.78, 5) is 17.2. The van der Waals surface area contributed by atoms with Crippen LogP contribution in [0.3, 0.4) is 0 Å². The number of benzene rings is 2. The minimum absolute atomic E-state index is 0.150. The monoisotopic (exact) mass is 463 g/mol. The van der Waals surface area contributed by atoms with E-state index in [2.05, 4.69) is 27.3 Å². The molecule has 1 saturated heterocycles. The van der Waals surface area contributed by atoms with Crippen molar-refractivity contribution in [2.24, 2.45) is 0 Å². The molecule has 1 amide bonds. The van der Waals surface area contributed by atoms with Crippen molar-refractivity contribution in [1.29, 1.82) is 0 Å². The van der Waals surface area contributed by atoms with Crippen molar-refractivity contribution >= 4 is 28.9 Å². The van der Waals surface area contributed by atoms with E-state index in [-0.39, 0.29) is 5.69 Å². The summed E-state index contributed by atoms with van der Waals surface area (Å²) in [5.74, 6) is -0.884. The molecule has 1 N–H and O–H groups in total. The van der Waals surface area contributed by atoms with Crippen molar-refractivity contribution in [1.82, 2.24) is 14.7 Å². The first-order valence-corrected chi connectivity index (χ1v) is 10.4. The van der Waals surface area contributed by atoms with Gasteiger partial charge in [-0.15, -0.1) is 0 Å². The van der Waals surface area contributed by atoms with Crippen LogP contribution in [0.15, 0.2) is 54.7 Å². The second-order valence-corrected chi connectivity index (χ2v) is 8.02. The SMILES string of the molecule is CN1CCN(c2ccc(NC(=O)c3cnn(-c4ccc(Cl)cc4)c3C(F)(F)F)cc2)CC1. The molecule has 0 spiro atoms. The molecule has 1 aliphatic heterocycles. The molecule has 1 fully saturated rings. The molecule has 32 heavy (non-hydrogen) atoms. The fraction of sp³-hybridized carbons (Fsp3) is 0.273. The molecule has 6 nitrogen and oxygen atoms in total. The van der Waals surface area contributed by atoms with Crippen LogP contribution in [0.5, 0.6) is 0 Å². The van der Waals surface area contributed by atoms with Gasteiger partial charge in [-0.05, 0) is 55.6 Å². The van der Waals surface area contributed by atoms with Gasteiger partial charge in [0, 0.05) is 42.6 Å². The second kappa shape index (κ2) is 8.84. The first-order chi connectivity index (χ1) is 15.2. The van der Waals surface area contributed by atoms with Crippen LogP contribution >= 0.6 is 11.6 Å². The summed E-state index contributed by atoms with van der Waals surface area (Å²) in [6.45, 7) is 3.69. The van der Waals surface area contributed by atoms with Crippen molar-refractivity contribution in [3.63, 3.8) is 0 Å². The maximum absolute atomic E-state index is 13.8. The third-order valence-corrected chi connectivity index (χ3v) is 5.60. The van der Waals surface area contributed by atoms with E-state index >= 15 is 0 Å². The number of alkyl halides is 3. The third-order valence-electron chi connectivity index (χ3n) is 5.35. The molecule has 168 valence electrons. The molecule has 2 heterocycles. The molecule has 0 saturated carbocycles. The Morgan fingerprint density at radius 3 is 2.16 bits per heavy atom. The Kier molecular flexibility index (Phi) is 6.12. The van der Waals surface area contributed by atoms with Crippen LogP contribution in [0, 0.1) is 0 Å². The number of amides is 1. The van der Waals surface area contributed by atoms with Gasteiger partial charge < -0.3 is 15.1 Å². The number of rotatable bonds is 4. The lowest BCUT2D eigenvalue weighted by Gasteiger charge is -2.34. The Balaban J connectivity index is 1.55. The number of nitrogens with one attached hydrogen (secondary N) is 1. The zero-order valence-corrected chi connectivity index (χ0v) is 18.0.